The first-order valence-electron chi connectivity index (χ1n) is 7.39. The normalized spacial score (nSPS) is 12.1. The maximum absolute atomic E-state index is 12.8. The van der Waals surface area contributed by atoms with Gasteiger partial charge in [-0.3, -0.25) is 0 Å². The summed E-state index contributed by atoms with van der Waals surface area (Å²) in [4.78, 5) is 0. The summed E-state index contributed by atoms with van der Waals surface area (Å²) in [5, 5.41) is 3.43. The van der Waals surface area contributed by atoms with E-state index in [-0.39, 0.29) is 11.9 Å². The van der Waals surface area contributed by atoms with E-state index >= 15 is 0 Å². The summed E-state index contributed by atoms with van der Waals surface area (Å²) in [7, 11) is 0. The van der Waals surface area contributed by atoms with E-state index in [1.807, 2.05) is 12.1 Å². The monoisotopic (exact) mass is 287 g/mol. The molecule has 21 heavy (non-hydrogen) atoms. The van der Waals surface area contributed by atoms with Gasteiger partial charge in [0.2, 0.25) is 0 Å². The minimum Gasteiger partial charge on any atom is -0.494 e. The van der Waals surface area contributed by atoms with Gasteiger partial charge in [0, 0.05) is 12.6 Å². The molecule has 0 amide bonds. The lowest BCUT2D eigenvalue weighted by molar-refractivity contribution is 0.317. The molecule has 0 aliphatic rings. The average molecular weight is 287 g/mol. The van der Waals surface area contributed by atoms with Gasteiger partial charge >= 0.3 is 0 Å². The summed E-state index contributed by atoms with van der Waals surface area (Å²) in [5.41, 5.74) is 2.28. The summed E-state index contributed by atoms with van der Waals surface area (Å²) in [6.07, 6.45) is 1.01. The standard InChI is InChI=1S/C18H22FNO/c1-3-12-21-18-10-6-16(7-11-18)14(2)20-13-15-4-8-17(19)9-5-15/h4-11,14,20H,3,12-13H2,1-2H3. The van der Waals surface area contributed by atoms with E-state index in [4.69, 9.17) is 4.74 Å². The lowest BCUT2D eigenvalue weighted by Crippen LogP contribution is -2.18. The molecule has 2 nitrogen and oxygen atoms in total. The quantitative estimate of drug-likeness (QED) is 0.811. The second-order valence-corrected chi connectivity index (χ2v) is 5.15. The Morgan fingerprint density at radius 2 is 1.71 bits per heavy atom. The van der Waals surface area contributed by atoms with Gasteiger partial charge in [0.15, 0.2) is 0 Å². The summed E-state index contributed by atoms with van der Waals surface area (Å²) >= 11 is 0. The van der Waals surface area contributed by atoms with E-state index in [2.05, 4.69) is 31.3 Å². The third-order valence-corrected chi connectivity index (χ3v) is 3.38. The highest BCUT2D eigenvalue weighted by atomic mass is 19.1. The van der Waals surface area contributed by atoms with Crippen LogP contribution in [0.1, 0.15) is 37.4 Å². The van der Waals surface area contributed by atoms with Crippen LogP contribution in [-0.2, 0) is 6.54 Å². The van der Waals surface area contributed by atoms with E-state index in [0.29, 0.717) is 0 Å². The minimum absolute atomic E-state index is 0.200. The molecule has 0 aliphatic carbocycles. The zero-order valence-electron chi connectivity index (χ0n) is 12.6. The Morgan fingerprint density at radius 3 is 2.33 bits per heavy atom. The number of benzene rings is 2. The molecule has 0 spiro atoms. The molecule has 1 unspecified atom stereocenters. The largest absolute Gasteiger partial charge is 0.494 e. The molecule has 0 radical (unpaired) electrons. The van der Waals surface area contributed by atoms with Crippen molar-refractivity contribution in [3.63, 3.8) is 0 Å². The van der Waals surface area contributed by atoms with Crippen LogP contribution in [0, 0.1) is 5.82 Å². The maximum atomic E-state index is 12.8. The summed E-state index contributed by atoms with van der Waals surface area (Å²) in [6, 6.07) is 15.0. The van der Waals surface area contributed by atoms with Crippen LogP contribution in [-0.4, -0.2) is 6.61 Å². The van der Waals surface area contributed by atoms with Crippen LogP contribution in [0.5, 0.6) is 5.75 Å². The van der Waals surface area contributed by atoms with Crippen molar-refractivity contribution >= 4 is 0 Å². The zero-order chi connectivity index (χ0) is 15.1. The number of ether oxygens (including phenoxy) is 1. The Hall–Kier alpha value is -1.87. The number of hydrogen-bond acceptors (Lipinski definition) is 2. The van der Waals surface area contributed by atoms with Crippen LogP contribution < -0.4 is 10.1 Å². The predicted molar refractivity (Wildman–Crippen MR) is 83.9 cm³/mol. The molecule has 2 aromatic carbocycles. The summed E-state index contributed by atoms with van der Waals surface area (Å²) < 4.78 is 18.4. The molecule has 0 bridgehead atoms. The van der Waals surface area contributed by atoms with Crippen LogP contribution in [0.2, 0.25) is 0 Å². The van der Waals surface area contributed by atoms with Crippen molar-refractivity contribution in [2.75, 3.05) is 6.61 Å². The number of nitrogens with one attached hydrogen (secondary N) is 1. The average Bonchev–Trinajstić information content (AvgIpc) is 2.52. The van der Waals surface area contributed by atoms with Gasteiger partial charge in [0.1, 0.15) is 11.6 Å². The summed E-state index contributed by atoms with van der Waals surface area (Å²) in [5.74, 6) is 0.709. The molecule has 0 fully saturated rings. The number of rotatable bonds is 7. The molecule has 0 saturated carbocycles. The molecule has 0 aromatic heterocycles. The van der Waals surface area contributed by atoms with E-state index < -0.39 is 0 Å². The second-order valence-electron chi connectivity index (χ2n) is 5.15. The Kier molecular flexibility index (Phi) is 5.76. The van der Waals surface area contributed by atoms with Crippen molar-refractivity contribution < 1.29 is 9.13 Å². The SMILES string of the molecule is CCCOc1ccc(C(C)NCc2ccc(F)cc2)cc1. The number of hydrogen-bond donors (Lipinski definition) is 1. The van der Waals surface area contributed by atoms with Crippen LogP contribution in [0.15, 0.2) is 48.5 Å². The van der Waals surface area contributed by atoms with Gasteiger partial charge in [-0.1, -0.05) is 31.2 Å². The third-order valence-electron chi connectivity index (χ3n) is 3.38. The highest BCUT2D eigenvalue weighted by molar-refractivity contribution is 5.29. The Morgan fingerprint density at radius 1 is 1.05 bits per heavy atom. The van der Waals surface area contributed by atoms with Gasteiger partial charge in [-0.25, -0.2) is 4.39 Å². The topological polar surface area (TPSA) is 21.3 Å². The Bertz CT molecular complexity index is 536. The van der Waals surface area contributed by atoms with Gasteiger partial charge < -0.3 is 10.1 Å². The van der Waals surface area contributed by atoms with Crippen molar-refractivity contribution in [2.45, 2.75) is 32.9 Å². The van der Waals surface area contributed by atoms with E-state index in [9.17, 15) is 4.39 Å². The molecule has 1 N–H and O–H groups in total. The number of halogens is 1. The third kappa shape index (κ3) is 4.87. The van der Waals surface area contributed by atoms with Gasteiger partial charge in [0.05, 0.1) is 6.61 Å². The lowest BCUT2D eigenvalue weighted by atomic mass is 10.1. The van der Waals surface area contributed by atoms with Gasteiger partial charge in [-0.05, 0) is 48.7 Å². The van der Waals surface area contributed by atoms with Gasteiger partial charge in [0.25, 0.3) is 0 Å². The zero-order valence-corrected chi connectivity index (χ0v) is 12.6. The molecule has 112 valence electrons. The van der Waals surface area contributed by atoms with Crippen LogP contribution >= 0.6 is 0 Å². The van der Waals surface area contributed by atoms with Crippen molar-refractivity contribution in [1.29, 1.82) is 0 Å². The molecular weight excluding hydrogens is 265 g/mol. The molecule has 3 heteroatoms. The molecular formula is C18H22FNO. The smallest absolute Gasteiger partial charge is 0.123 e. The first-order chi connectivity index (χ1) is 10.2. The first kappa shape index (κ1) is 15.5. The van der Waals surface area contributed by atoms with Crippen molar-refractivity contribution in [1.82, 2.24) is 5.32 Å². The minimum atomic E-state index is -0.200. The van der Waals surface area contributed by atoms with E-state index in [0.717, 1.165) is 30.9 Å². The summed E-state index contributed by atoms with van der Waals surface area (Å²) in [6.45, 7) is 5.68. The van der Waals surface area contributed by atoms with Gasteiger partial charge in [-0.2, -0.15) is 0 Å². The molecule has 1 atom stereocenters. The fourth-order valence-electron chi connectivity index (χ4n) is 2.06. The second kappa shape index (κ2) is 7.79. The van der Waals surface area contributed by atoms with Crippen molar-refractivity contribution in [3.05, 3.63) is 65.5 Å². The van der Waals surface area contributed by atoms with Crippen LogP contribution in [0.25, 0.3) is 0 Å². The highest BCUT2D eigenvalue weighted by Crippen LogP contribution is 2.18. The van der Waals surface area contributed by atoms with E-state index in [1.165, 1.54) is 17.7 Å². The Balaban J connectivity index is 1.87. The lowest BCUT2D eigenvalue weighted by Gasteiger charge is -2.15. The van der Waals surface area contributed by atoms with Crippen LogP contribution in [0.3, 0.4) is 0 Å². The predicted octanol–water partition coefficient (Wildman–Crippen LogP) is 4.47. The molecule has 0 saturated heterocycles. The molecule has 0 aliphatic heterocycles. The van der Waals surface area contributed by atoms with Crippen LogP contribution in [0.4, 0.5) is 4.39 Å². The maximum Gasteiger partial charge on any atom is 0.123 e. The first-order valence-corrected chi connectivity index (χ1v) is 7.39. The molecule has 2 rings (SSSR count). The molecule has 0 heterocycles. The van der Waals surface area contributed by atoms with Crippen molar-refractivity contribution in [3.8, 4) is 5.75 Å². The molecule has 2 aromatic rings. The van der Waals surface area contributed by atoms with Crippen molar-refractivity contribution in [2.24, 2.45) is 0 Å². The van der Waals surface area contributed by atoms with Gasteiger partial charge in [-0.15, -0.1) is 0 Å². The fraction of sp³-hybridized carbons (Fsp3) is 0.333. The Labute approximate surface area is 126 Å². The fourth-order valence-corrected chi connectivity index (χ4v) is 2.06. The van der Waals surface area contributed by atoms with E-state index in [1.54, 1.807) is 12.1 Å². The highest BCUT2D eigenvalue weighted by Gasteiger charge is 2.05.